The van der Waals surface area contributed by atoms with Crippen LogP contribution in [0.1, 0.15) is 31.0 Å². The lowest BCUT2D eigenvalue weighted by atomic mass is 9.96. The monoisotopic (exact) mass is 454 g/mol. The zero-order chi connectivity index (χ0) is 22.1. The predicted octanol–water partition coefficient (Wildman–Crippen LogP) is 3.16. The molecule has 0 unspecified atom stereocenters. The van der Waals surface area contributed by atoms with Gasteiger partial charge in [0, 0.05) is 5.02 Å². The number of benzene rings is 2. The van der Waals surface area contributed by atoms with E-state index in [0.29, 0.717) is 31.2 Å². The minimum absolute atomic E-state index is 0.145. The molecule has 1 aliphatic rings. The zero-order valence-corrected chi connectivity index (χ0v) is 18.4. The second kappa shape index (κ2) is 8.53. The smallest absolute Gasteiger partial charge is 0.338 e. The van der Waals surface area contributed by atoms with Gasteiger partial charge in [0.25, 0.3) is 5.56 Å². The number of fused-ring (bicyclic) bond motifs is 1. The van der Waals surface area contributed by atoms with Gasteiger partial charge in [-0.15, -0.1) is 0 Å². The van der Waals surface area contributed by atoms with Crippen LogP contribution >= 0.6 is 22.9 Å². The standard InChI is InChI=1S/C23H19ClN2O4S/c1-3-30-22(29)19-13(2)25-23-26(20(19)16-6-4-5-7-17(16)24)21(28)18(31-23)12-14-8-10-15(27)11-9-14/h4-12,20,27H,3H2,1-2H3/b18-12-/t20-/m0/s1. The van der Waals surface area contributed by atoms with Gasteiger partial charge in [0.2, 0.25) is 0 Å². The zero-order valence-electron chi connectivity index (χ0n) is 16.8. The molecule has 31 heavy (non-hydrogen) atoms. The van der Waals surface area contributed by atoms with Crippen LogP contribution in [0.4, 0.5) is 0 Å². The van der Waals surface area contributed by atoms with Crippen LogP contribution in [-0.2, 0) is 9.53 Å². The Morgan fingerprint density at radius 3 is 2.65 bits per heavy atom. The average Bonchev–Trinajstić information content (AvgIpc) is 3.04. The molecular weight excluding hydrogens is 436 g/mol. The fourth-order valence-corrected chi connectivity index (χ4v) is 4.79. The van der Waals surface area contributed by atoms with Crippen molar-refractivity contribution >= 4 is 35.0 Å². The Balaban J connectivity index is 1.97. The Morgan fingerprint density at radius 1 is 1.26 bits per heavy atom. The first-order chi connectivity index (χ1) is 14.9. The van der Waals surface area contributed by atoms with Gasteiger partial charge < -0.3 is 9.84 Å². The number of thiazole rings is 1. The molecule has 3 aromatic rings. The molecule has 2 heterocycles. The second-order valence-corrected chi connectivity index (χ2v) is 8.33. The van der Waals surface area contributed by atoms with Crippen LogP contribution in [0.15, 0.2) is 69.6 Å². The maximum Gasteiger partial charge on any atom is 0.338 e. The number of hydrogen-bond donors (Lipinski definition) is 1. The number of phenolic OH excluding ortho intramolecular Hbond substituents is 1. The predicted molar refractivity (Wildman–Crippen MR) is 120 cm³/mol. The Bertz CT molecular complexity index is 1370. The molecule has 1 N–H and O–H groups in total. The van der Waals surface area contributed by atoms with E-state index in [9.17, 15) is 14.7 Å². The molecule has 8 heteroatoms. The maximum atomic E-state index is 13.4. The largest absolute Gasteiger partial charge is 0.508 e. The van der Waals surface area contributed by atoms with Crippen LogP contribution in [0.5, 0.6) is 5.75 Å². The molecule has 0 amide bonds. The number of nitrogens with zero attached hydrogens (tertiary/aromatic N) is 2. The fourth-order valence-electron chi connectivity index (χ4n) is 3.50. The summed E-state index contributed by atoms with van der Waals surface area (Å²) >= 11 is 7.71. The molecule has 158 valence electrons. The molecular formula is C23H19ClN2O4S. The minimum atomic E-state index is -0.744. The van der Waals surface area contributed by atoms with Crippen LogP contribution in [0.3, 0.4) is 0 Å². The molecule has 0 spiro atoms. The van der Waals surface area contributed by atoms with E-state index in [0.717, 1.165) is 5.56 Å². The van der Waals surface area contributed by atoms with Crippen LogP contribution < -0.4 is 14.9 Å². The Morgan fingerprint density at radius 2 is 1.97 bits per heavy atom. The van der Waals surface area contributed by atoms with Gasteiger partial charge in [-0.05, 0) is 49.2 Å². The quantitative estimate of drug-likeness (QED) is 0.614. The molecule has 0 bridgehead atoms. The number of rotatable bonds is 4. The third kappa shape index (κ3) is 3.94. The number of halogens is 1. The van der Waals surface area contributed by atoms with E-state index in [1.54, 1.807) is 62.4 Å². The van der Waals surface area contributed by atoms with Crippen molar-refractivity contribution in [3.05, 3.63) is 95.6 Å². The van der Waals surface area contributed by atoms with Gasteiger partial charge in [-0.1, -0.05) is 53.3 Å². The lowest BCUT2D eigenvalue weighted by Gasteiger charge is -2.25. The lowest BCUT2D eigenvalue weighted by molar-refractivity contribution is -0.139. The van der Waals surface area contributed by atoms with Crippen molar-refractivity contribution in [2.24, 2.45) is 4.99 Å². The summed E-state index contributed by atoms with van der Waals surface area (Å²) in [5.74, 6) is -0.381. The van der Waals surface area contributed by atoms with Crippen molar-refractivity contribution < 1.29 is 14.6 Å². The van der Waals surface area contributed by atoms with Crippen molar-refractivity contribution in [2.45, 2.75) is 19.9 Å². The molecule has 0 fully saturated rings. The van der Waals surface area contributed by atoms with E-state index in [-0.39, 0.29) is 17.9 Å². The van der Waals surface area contributed by atoms with Crippen LogP contribution in [0, 0.1) is 0 Å². The van der Waals surface area contributed by atoms with Crippen LogP contribution in [0.2, 0.25) is 5.02 Å². The van der Waals surface area contributed by atoms with Gasteiger partial charge in [0.1, 0.15) is 11.8 Å². The summed E-state index contributed by atoms with van der Waals surface area (Å²) in [5, 5.41) is 9.94. The van der Waals surface area contributed by atoms with E-state index < -0.39 is 12.0 Å². The number of hydrogen-bond acceptors (Lipinski definition) is 6. The molecule has 0 saturated heterocycles. The van der Waals surface area contributed by atoms with Gasteiger partial charge in [-0.2, -0.15) is 0 Å². The number of esters is 1. The summed E-state index contributed by atoms with van der Waals surface area (Å²) < 4.78 is 7.22. The molecule has 0 radical (unpaired) electrons. The molecule has 1 atom stereocenters. The first-order valence-corrected chi connectivity index (χ1v) is 10.8. The van der Waals surface area contributed by atoms with Crippen LogP contribution in [-0.4, -0.2) is 22.2 Å². The highest BCUT2D eigenvalue weighted by Crippen LogP contribution is 2.34. The normalized spacial score (nSPS) is 16.1. The van der Waals surface area contributed by atoms with Crippen LogP contribution in [0.25, 0.3) is 6.08 Å². The van der Waals surface area contributed by atoms with Gasteiger partial charge in [0.05, 0.1) is 22.4 Å². The van der Waals surface area contributed by atoms with Gasteiger partial charge >= 0.3 is 5.97 Å². The number of aromatic nitrogens is 1. The highest BCUT2D eigenvalue weighted by atomic mass is 35.5. The van der Waals surface area contributed by atoms with Crippen molar-refractivity contribution in [3.63, 3.8) is 0 Å². The van der Waals surface area contributed by atoms with Gasteiger partial charge in [-0.25, -0.2) is 9.79 Å². The van der Waals surface area contributed by atoms with Gasteiger partial charge in [0.15, 0.2) is 4.80 Å². The highest BCUT2D eigenvalue weighted by molar-refractivity contribution is 7.07. The molecule has 0 saturated carbocycles. The summed E-state index contributed by atoms with van der Waals surface area (Å²) in [6.45, 7) is 3.66. The Hall–Kier alpha value is -3.16. The summed E-state index contributed by atoms with van der Waals surface area (Å²) in [6.07, 6.45) is 1.73. The third-order valence-electron chi connectivity index (χ3n) is 4.91. The summed E-state index contributed by atoms with van der Waals surface area (Å²) in [7, 11) is 0. The van der Waals surface area contributed by atoms with Crippen molar-refractivity contribution in [2.75, 3.05) is 6.61 Å². The van der Waals surface area contributed by atoms with E-state index in [1.165, 1.54) is 15.9 Å². The Kier molecular flexibility index (Phi) is 5.80. The topological polar surface area (TPSA) is 80.9 Å². The summed E-state index contributed by atoms with van der Waals surface area (Å²) in [4.78, 5) is 31.3. The number of phenols is 1. The second-order valence-electron chi connectivity index (χ2n) is 6.92. The molecule has 0 aliphatic carbocycles. The lowest BCUT2D eigenvalue weighted by Crippen LogP contribution is -2.40. The summed E-state index contributed by atoms with van der Waals surface area (Å²) in [6, 6.07) is 12.9. The SMILES string of the molecule is CCOC(=O)C1=C(C)N=c2s/c(=C\c3ccc(O)cc3)c(=O)n2[C@H]1c1ccccc1Cl. The molecule has 4 rings (SSSR count). The maximum absolute atomic E-state index is 13.4. The first kappa shape index (κ1) is 21.1. The number of ether oxygens (including phenoxy) is 1. The van der Waals surface area contributed by atoms with Gasteiger partial charge in [-0.3, -0.25) is 9.36 Å². The number of aromatic hydroxyl groups is 1. The van der Waals surface area contributed by atoms with Crippen molar-refractivity contribution in [1.82, 2.24) is 4.57 Å². The van der Waals surface area contributed by atoms with E-state index >= 15 is 0 Å². The van der Waals surface area contributed by atoms with E-state index in [1.807, 2.05) is 6.07 Å². The number of carbonyl (C=O) groups excluding carboxylic acids is 1. The third-order valence-corrected chi connectivity index (χ3v) is 6.23. The summed E-state index contributed by atoms with van der Waals surface area (Å²) in [5.41, 5.74) is 1.88. The Labute approximate surface area is 187 Å². The molecule has 2 aromatic carbocycles. The molecule has 6 nitrogen and oxygen atoms in total. The average molecular weight is 455 g/mol. The molecule has 1 aliphatic heterocycles. The first-order valence-electron chi connectivity index (χ1n) is 9.64. The van der Waals surface area contributed by atoms with Crippen molar-refractivity contribution in [3.8, 4) is 5.75 Å². The number of allylic oxidation sites excluding steroid dienone is 1. The number of carbonyl (C=O) groups is 1. The minimum Gasteiger partial charge on any atom is -0.508 e. The van der Waals surface area contributed by atoms with E-state index in [2.05, 4.69) is 4.99 Å². The fraction of sp³-hybridized carbons (Fsp3) is 0.174. The highest BCUT2D eigenvalue weighted by Gasteiger charge is 2.34. The molecule has 1 aromatic heterocycles. The van der Waals surface area contributed by atoms with Crippen molar-refractivity contribution in [1.29, 1.82) is 0 Å². The van der Waals surface area contributed by atoms with E-state index in [4.69, 9.17) is 16.3 Å².